The Morgan fingerprint density at radius 3 is 2.88 bits per heavy atom. The summed E-state index contributed by atoms with van der Waals surface area (Å²) >= 11 is 0. The average molecular weight is 342 g/mol. The number of hydrogen-bond donors (Lipinski definition) is 0. The van der Waals surface area contributed by atoms with Gasteiger partial charge in [-0.15, -0.1) is 0 Å². The molecule has 128 valence electrons. The van der Waals surface area contributed by atoms with E-state index in [1.54, 1.807) is 6.92 Å². The molecule has 7 nitrogen and oxygen atoms in total. The molecule has 0 spiro atoms. The van der Waals surface area contributed by atoms with Crippen LogP contribution in [0.5, 0.6) is 0 Å². The Balaban J connectivity index is 1.99. The first kappa shape index (κ1) is 16.2. The molecule has 0 bridgehead atoms. The summed E-state index contributed by atoms with van der Waals surface area (Å²) in [6.07, 6.45) is -1.98. The van der Waals surface area contributed by atoms with Crippen LogP contribution >= 0.6 is 0 Å². The Labute approximate surface area is 134 Å². The Kier molecular flexibility index (Phi) is 3.91. The fourth-order valence-corrected chi connectivity index (χ4v) is 2.59. The predicted molar refractivity (Wildman–Crippen MR) is 74.9 cm³/mol. The second-order valence-corrected chi connectivity index (χ2v) is 5.13. The first-order valence-corrected chi connectivity index (χ1v) is 7.08. The molecule has 2 aromatic heterocycles. The Morgan fingerprint density at radius 2 is 2.21 bits per heavy atom. The summed E-state index contributed by atoms with van der Waals surface area (Å²) in [4.78, 5) is 13.7. The van der Waals surface area contributed by atoms with Gasteiger partial charge in [0.2, 0.25) is 6.23 Å². The van der Waals surface area contributed by atoms with E-state index in [4.69, 9.17) is 4.74 Å². The molecule has 0 aliphatic carbocycles. The molecule has 0 fully saturated rings. The van der Waals surface area contributed by atoms with Gasteiger partial charge in [0.05, 0.1) is 11.9 Å². The second kappa shape index (κ2) is 5.78. The zero-order chi connectivity index (χ0) is 17.5. The number of amides is 1. The van der Waals surface area contributed by atoms with Crippen LogP contribution in [-0.2, 0) is 11.3 Å². The first-order chi connectivity index (χ1) is 11.3. The van der Waals surface area contributed by atoms with Crippen molar-refractivity contribution in [1.29, 1.82) is 0 Å². The molecule has 10 heteroatoms. The fraction of sp³-hybridized carbons (Fsp3) is 0.357. The molecular weight excluding hydrogens is 329 g/mol. The third kappa shape index (κ3) is 2.80. The zero-order valence-electron chi connectivity index (χ0n) is 12.5. The molecule has 0 aromatic carbocycles. The number of alkyl halides is 3. The second-order valence-electron chi connectivity index (χ2n) is 5.13. The smallest absolute Gasteiger partial charge is 0.408 e. The molecule has 0 saturated heterocycles. The van der Waals surface area contributed by atoms with Gasteiger partial charge < -0.3 is 9.94 Å². The number of anilines is 1. The van der Waals surface area contributed by atoms with E-state index < -0.39 is 24.9 Å². The largest absolute Gasteiger partial charge is 0.618 e. The lowest BCUT2D eigenvalue weighted by atomic mass is 10.2. The molecule has 1 aliphatic rings. The molecule has 1 unspecified atom stereocenters. The summed E-state index contributed by atoms with van der Waals surface area (Å²) in [7, 11) is 0. The summed E-state index contributed by atoms with van der Waals surface area (Å²) in [6.45, 7) is 0.619. The summed E-state index contributed by atoms with van der Waals surface area (Å²) in [5, 5.41) is 15.6. The monoisotopic (exact) mass is 342 g/mol. The van der Waals surface area contributed by atoms with Crippen LogP contribution in [-0.4, -0.2) is 28.5 Å². The molecule has 0 saturated carbocycles. The van der Waals surface area contributed by atoms with Crippen molar-refractivity contribution in [3.05, 3.63) is 47.2 Å². The minimum absolute atomic E-state index is 0.105. The lowest BCUT2D eigenvalue weighted by Gasteiger charge is -2.21. The highest BCUT2D eigenvalue weighted by Gasteiger charge is 2.45. The van der Waals surface area contributed by atoms with Crippen molar-refractivity contribution >= 4 is 11.6 Å². The molecular formula is C14H13F3N4O3. The maximum absolute atomic E-state index is 12.6. The van der Waals surface area contributed by atoms with E-state index in [1.807, 2.05) is 0 Å². The number of ether oxygens (including phenoxy) is 1. The van der Waals surface area contributed by atoms with E-state index in [-0.39, 0.29) is 23.6 Å². The van der Waals surface area contributed by atoms with Crippen molar-refractivity contribution in [3.8, 4) is 0 Å². The van der Waals surface area contributed by atoms with E-state index >= 15 is 0 Å². The third-order valence-electron chi connectivity index (χ3n) is 3.48. The van der Waals surface area contributed by atoms with Gasteiger partial charge in [-0.05, 0) is 13.0 Å². The van der Waals surface area contributed by atoms with Crippen molar-refractivity contribution < 1.29 is 27.4 Å². The molecule has 24 heavy (non-hydrogen) atoms. The molecule has 1 aliphatic heterocycles. The molecule has 1 amide bonds. The van der Waals surface area contributed by atoms with E-state index in [2.05, 4.69) is 5.10 Å². The van der Waals surface area contributed by atoms with Crippen LogP contribution in [0.2, 0.25) is 0 Å². The Bertz CT molecular complexity index is 775. The van der Waals surface area contributed by atoms with Gasteiger partial charge in [0.1, 0.15) is 12.1 Å². The van der Waals surface area contributed by atoms with Gasteiger partial charge in [-0.25, -0.2) is 0 Å². The van der Waals surface area contributed by atoms with Gasteiger partial charge in [0, 0.05) is 18.9 Å². The maximum atomic E-state index is 12.6. The molecule has 1 atom stereocenters. The van der Waals surface area contributed by atoms with Crippen LogP contribution in [0, 0.1) is 5.21 Å². The topological polar surface area (TPSA) is 74.3 Å². The van der Waals surface area contributed by atoms with Crippen molar-refractivity contribution in [2.24, 2.45) is 0 Å². The minimum Gasteiger partial charge on any atom is -0.618 e. The number of rotatable bonds is 4. The molecule has 0 radical (unpaired) electrons. The number of hydrogen-bond acceptors (Lipinski definition) is 4. The molecule has 3 rings (SSSR count). The van der Waals surface area contributed by atoms with Crippen molar-refractivity contribution in [3.63, 3.8) is 0 Å². The van der Waals surface area contributed by atoms with Gasteiger partial charge in [-0.3, -0.25) is 14.4 Å². The number of fused-ring (bicyclic) bond motifs is 1. The quantitative estimate of drug-likeness (QED) is 0.627. The lowest BCUT2D eigenvalue weighted by molar-refractivity contribution is -0.618. The highest BCUT2D eigenvalue weighted by molar-refractivity contribution is 6.09. The number of halogens is 3. The Hall–Kier alpha value is -2.62. The van der Waals surface area contributed by atoms with Crippen LogP contribution < -0.4 is 9.63 Å². The lowest BCUT2D eigenvalue weighted by Crippen LogP contribution is -2.36. The van der Waals surface area contributed by atoms with E-state index in [0.29, 0.717) is 9.41 Å². The van der Waals surface area contributed by atoms with Gasteiger partial charge in [-0.1, -0.05) is 0 Å². The van der Waals surface area contributed by atoms with E-state index in [9.17, 15) is 23.2 Å². The summed E-state index contributed by atoms with van der Waals surface area (Å²) in [6, 6.07) is 2.89. The van der Waals surface area contributed by atoms with Gasteiger partial charge in [-0.2, -0.15) is 23.0 Å². The minimum atomic E-state index is -4.43. The Morgan fingerprint density at radius 1 is 1.46 bits per heavy atom. The van der Waals surface area contributed by atoms with Crippen molar-refractivity contribution in [1.82, 2.24) is 9.78 Å². The summed E-state index contributed by atoms with van der Waals surface area (Å²) in [5.74, 6) is -0.528. The highest BCUT2D eigenvalue weighted by Crippen LogP contribution is 2.36. The molecule has 0 N–H and O–H groups in total. The number of nitrogens with zero attached hydrogens (tertiary/aromatic N) is 4. The van der Waals surface area contributed by atoms with Crippen LogP contribution in [0.3, 0.4) is 0 Å². The number of carbonyl (C=O) groups is 1. The van der Waals surface area contributed by atoms with Crippen molar-refractivity contribution in [2.75, 3.05) is 11.5 Å². The zero-order valence-corrected chi connectivity index (χ0v) is 12.5. The first-order valence-electron chi connectivity index (χ1n) is 7.08. The van der Waals surface area contributed by atoms with Crippen LogP contribution in [0.25, 0.3) is 0 Å². The number of pyridine rings is 1. The normalized spacial score (nSPS) is 17.4. The average Bonchev–Trinajstić information content (AvgIpc) is 3.02. The molecule has 3 heterocycles. The summed E-state index contributed by atoms with van der Waals surface area (Å²) < 4.78 is 44.1. The van der Waals surface area contributed by atoms with Crippen LogP contribution in [0.4, 0.5) is 18.9 Å². The van der Waals surface area contributed by atoms with Gasteiger partial charge in [0.15, 0.2) is 6.20 Å². The highest BCUT2D eigenvalue weighted by atomic mass is 19.4. The summed E-state index contributed by atoms with van der Waals surface area (Å²) in [5.41, 5.74) is 0.376. The van der Waals surface area contributed by atoms with E-state index in [1.165, 1.54) is 18.3 Å². The standard InChI is InChI=1S/C14H13F3N4O3/c1-2-24-13-11-10(4-3-5-20(11)23)12(22)21(13)9-6-18-19(7-9)8-14(15,16)17/h3-7,13H,2,8H2,1H3. The van der Waals surface area contributed by atoms with Crippen LogP contribution in [0.1, 0.15) is 29.2 Å². The van der Waals surface area contributed by atoms with Gasteiger partial charge >= 0.3 is 6.18 Å². The SMILES string of the molecule is CCOC1c2c(ccc[n+]2[O-])C(=O)N1c1cnn(CC(F)(F)F)c1. The van der Waals surface area contributed by atoms with Crippen molar-refractivity contribution in [2.45, 2.75) is 25.9 Å². The maximum Gasteiger partial charge on any atom is 0.408 e. The fourth-order valence-electron chi connectivity index (χ4n) is 2.59. The van der Waals surface area contributed by atoms with Gasteiger partial charge in [0.25, 0.3) is 11.6 Å². The number of aromatic nitrogens is 3. The van der Waals surface area contributed by atoms with E-state index in [0.717, 1.165) is 17.3 Å². The number of carbonyl (C=O) groups excluding carboxylic acids is 1. The predicted octanol–water partition coefficient (Wildman–Crippen LogP) is 1.77. The molecule has 2 aromatic rings. The third-order valence-corrected chi connectivity index (χ3v) is 3.48. The van der Waals surface area contributed by atoms with Crippen LogP contribution in [0.15, 0.2) is 30.7 Å².